The molecule has 0 amide bonds. The molecule has 0 radical (unpaired) electrons. The van der Waals surface area contributed by atoms with E-state index in [4.69, 9.17) is 37.0 Å². The Morgan fingerprint density at radius 2 is 0.510 bits per heavy atom. The Hall–Kier alpha value is -5.32. The first kappa shape index (κ1) is 98.7. The molecule has 0 spiro atoms. The van der Waals surface area contributed by atoms with Crippen LogP contribution in [0.5, 0.6) is 0 Å². The molecule has 0 fully saturated rings. The van der Waals surface area contributed by atoms with Gasteiger partial charge in [0.05, 0.1) is 26.4 Å². The van der Waals surface area contributed by atoms with Gasteiger partial charge in [0.2, 0.25) is 0 Å². The SMILES string of the molecule is CC/C=C\C/C=C\C/C=C\C/C=C\C/C=C\CCCC(=O)OC(COC(=O)CCCCCCCC/C=C\C/C=C\C/C=C\C/C=C\CC)COP(=O)(O)OCC(O)COP(=O)(O)OCC(COC(=O)CCCCCCCCC/C=C\C/C=C\C/C=C\CC)OC(=O)CCCCCCC/C=C\CCCC. The van der Waals surface area contributed by atoms with E-state index in [2.05, 4.69) is 174 Å². The Morgan fingerprint density at radius 1 is 0.279 bits per heavy atom. The molecule has 0 aromatic heterocycles. The molecule has 0 saturated heterocycles. The molecular formula is C85H140O17P2. The van der Waals surface area contributed by atoms with Crippen LogP contribution in [0.2, 0.25) is 0 Å². The number of aliphatic hydroxyl groups is 1. The smallest absolute Gasteiger partial charge is 0.462 e. The summed E-state index contributed by atoms with van der Waals surface area (Å²) in [6.07, 6.45) is 88.1. The van der Waals surface area contributed by atoms with Crippen LogP contribution in [0.25, 0.3) is 0 Å². The lowest BCUT2D eigenvalue weighted by Gasteiger charge is -2.21. The molecular weight excluding hydrogens is 1350 g/mol. The minimum atomic E-state index is -5.00. The summed E-state index contributed by atoms with van der Waals surface area (Å²) < 4.78 is 68.5. The molecule has 0 heterocycles. The van der Waals surface area contributed by atoms with E-state index in [9.17, 15) is 43.2 Å². The monoisotopic (exact) mass is 1490 g/mol. The second-order valence-corrected chi connectivity index (χ2v) is 28.8. The van der Waals surface area contributed by atoms with Gasteiger partial charge in [0, 0.05) is 25.7 Å². The summed E-state index contributed by atoms with van der Waals surface area (Å²) in [6.45, 7) is 4.39. The van der Waals surface area contributed by atoms with Crippen LogP contribution >= 0.6 is 15.6 Å². The quantitative estimate of drug-likeness (QED) is 0.0169. The van der Waals surface area contributed by atoms with Gasteiger partial charge < -0.3 is 33.8 Å². The van der Waals surface area contributed by atoms with E-state index in [0.29, 0.717) is 32.1 Å². The Bertz CT molecular complexity index is 2590. The first-order valence-corrected chi connectivity index (χ1v) is 42.7. The lowest BCUT2D eigenvalue weighted by molar-refractivity contribution is -0.161. The summed E-state index contributed by atoms with van der Waals surface area (Å²) in [6, 6.07) is 0. The molecule has 17 nitrogen and oxygen atoms in total. The Labute approximate surface area is 629 Å². The number of rotatable bonds is 73. The molecule has 0 bridgehead atoms. The number of carbonyl (C=O) groups excluding carboxylic acids is 4. The number of aliphatic hydroxyl groups excluding tert-OH is 1. The van der Waals surface area contributed by atoms with Gasteiger partial charge in [0.25, 0.3) is 0 Å². The molecule has 0 rings (SSSR count). The number of esters is 4. The predicted octanol–water partition coefficient (Wildman–Crippen LogP) is 23.2. The number of carbonyl (C=O) groups is 4. The number of hydrogen-bond acceptors (Lipinski definition) is 15. The zero-order valence-electron chi connectivity index (χ0n) is 64.6. The zero-order chi connectivity index (χ0) is 76.0. The third-order valence-corrected chi connectivity index (χ3v) is 17.9. The molecule has 0 aliphatic heterocycles. The fourth-order valence-electron chi connectivity index (χ4n) is 10.0. The highest BCUT2D eigenvalue weighted by molar-refractivity contribution is 7.47. The van der Waals surface area contributed by atoms with Crippen LogP contribution in [0.15, 0.2) is 158 Å². The summed E-state index contributed by atoms with van der Waals surface area (Å²) >= 11 is 0. The third kappa shape index (κ3) is 74.9. The van der Waals surface area contributed by atoms with Gasteiger partial charge in [-0.2, -0.15) is 0 Å². The number of hydrogen-bond donors (Lipinski definition) is 3. The Kier molecular flexibility index (Phi) is 72.0. The minimum absolute atomic E-state index is 0.00807. The first-order chi connectivity index (χ1) is 50.7. The molecule has 0 aliphatic carbocycles. The average Bonchev–Trinajstić information content (AvgIpc) is 0.908. The molecule has 0 aromatic carbocycles. The number of allylic oxidation sites excluding steroid dienone is 26. The molecule has 19 heteroatoms. The van der Waals surface area contributed by atoms with Crippen molar-refractivity contribution < 1.29 is 80.2 Å². The van der Waals surface area contributed by atoms with E-state index < -0.39 is 97.5 Å². The standard InChI is InChI=1S/C85H140O17P2/c1-5-9-13-17-21-25-29-32-35-38-39-42-44-47-51-54-58-62-66-70-83(88)96-76-81(102-85(90)72-68-64-60-56-52-48-45-41-37-34-31-27-23-19-15-11-7-3)78-100-104(93,94)98-74-79(86)73-97-103(91,92)99-77-80(101-84(89)71-67-63-59-55-49-28-24-20-16-12-8-4)75-95-82(87)69-65-61-57-53-50-46-43-40-36-33-30-26-22-18-14-10-6-2/h9-11,13-15,20-27,32-37,39,42,45,48,56,60,79-81,86H,5-8,12,16-19,28-31,38,40-41,43-44,46-47,49-55,57-59,61-78H2,1-4H3,(H,91,92)(H,93,94)/b13-9-,14-10-,15-11-,24-20-,25-21-,26-22-,27-23-,35-32-,36-33-,37-34-,42-39-,48-45-,60-56-. The minimum Gasteiger partial charge on any atom is -0.462 e. The summed E-state index contributed by atoms with van der Waals surface area (Å²) in [5, 5.41) is 10.6. The normalized spacial score (nSPS) is 14.7. The molecule has 0 aliphatic rings. The summed E-state index contributed by atoms with van der Waals surface area (Å²) in [5.74, 6) is -2.29. The van der Waals surface area contributed by atoms with Gasteiger partial charge in [-0.15, -0.1) is 0 Å². The Morgan fingerprint density at radius 3 is 0.817 bits per heavy atom. The van der Waals surface area contributed by atoms with Crippen LogP contribution in [0.3, 0.4) is 0 Å². The molecule has 5 atom stereocenters. The van der Waals surface area contributed by atoms with Gasteiger partial charge in [-0.3, -0.25) is 37.3 Å². The number of ether oxygens (including phenoxy) is 4. The van der Waals surface area contributed by atoms with Crippen LogP contribution in [-0.2, 0) is 65.4 Å². The van der Waals surface area contributed by atoms with Crippen molar-refractivity contribution in [1.29, 1.82) is 0 Å². The number of phosphoric acid groups is 2. The van der Waals surface area contributed by atoms with Crippen molar-refractivity contribution in [3.05, 3.63) is 158 Å². The van der Waals surface area contributed by atoms with Crippen LogP contribution in [0, 0.1) is 0 Å². The fourth-order valence-corrected chi connectivity index (χ4v) is 11.6. The maximum absolute atomic E-state index is 13.1. The summed E-state index contributed by atoms with van der Waals surface area (Å²) in [4.78, 5) is 73.0. The predicted molar refractivity (Wildman–Crippen MR) is 427 cm³/mol. The average molecular weight is 1500 g/mol. The maximum Gasteiger partial charge on any atom is 0.472 e. The second kappa shape index (κ2) is 75.9. The van der Waals surface area contributed by atoms with Gasteiger partial charge >= 0.3 is 39.5 Å². The lowest BCUT2D eigenvalue weighted by atomic mass is 10.1. The zero-order valence-corrected chi connectivity index (χ0v) is 66.4. The van der Waals surface area contributed by atoms with E-state index in [0.717, 1.165) is 199 Å². The summed E-state index contributed by atoms with van der Waals surface area (Å²) in [5.41, 5.74) is 0. The molecule has 592 valence electrons. The van der Waals surface area contributed by atoms with Crippen molar-refractivity contribution in [2.24, 2.45) is 0 Å². The van der Waals surface area contributed by atoms with Crippen molar-refractivity contribution in [2.45, 2.75) is 316 Å². The highest BCUT2D eigenvalue weighted by Gasteiger charge is 2.30. The van der Waals surface area contributed by atoms with Gasteiger partial charge in [-0.25, -0.2) is 9.13 Å². The van der Waals surface area contributed by atoms with E-state index in [1.165, 1.54) is 12.8 Å². The van der Waals surface area contributed by atoms with Crippen LogP contribution < -0.4 is 0 Å². The number of phosphoric ester groups is 2. The van der Waals surface area contributed by atoms with E-state index in [1.807, 2.05) is 12.2 Å². The maximum atomic E-state index is 13.1. The highest BCUT2D eigenvalue weighted by Crippen LogP contribution is 2.45. The second-order valence-electron chi connectivity index (χ2n) is 25.9. The molecule has 0 saturated carbocycles. The van der Waals surface area contributed by atoms with E-state index in [-0.39, 0.29) is 25.7 Å². The first-order valence-electron chi connectivity index (χ1n) is 39.7. The topological polar surface area (TPSA) is 237 Å². The lowest BCUT2D eigenvalue weighted by Crippen LogP contribution is -2.30. The van der Waals surface area contributed by atoms with E-state index >= 15 is 0 Å². The van der Waals surface area contributed by atoms with Gasteiger partial charge in [0.15, 0.2) is 12.2 Å². The molecule has 104 heavy (non-hydrogen) atoms. The summed E-state index contributed by atoms with van der Waals surface area (Å²) in [7, 11) is -9.99. The van der Waals surface area contributed by atoms with Crippen molar-refractivity contribution in [3.8, 4) is 0 Å². The van der Waals surface area contributed by atoms with Gasteiger partial charge in [-0.05, 0) is 154 Å². The van der Waals surface area contributed by atoms with Crippen LogP contribution in [-0.4, -0.2) is 96.7 Å². The molecule has 0 aromatic rings. The van der Waals surface area contributed by atoms with Gasteiger partial charge in [-0.1, -0.05) is 276 Å². The van der Waals surface area contributed by atoms with Crippen molar-refractivity contribution >= 4 is 39.5 Å². The molecule has 5 unspecified atom stereocenters. The largest absolute Gasteiger partial charge is 0.472 e. The van der Waals surface area contributed by atoms with Gasteiger partial charge in [0.1, 0.15) is 19.3 Å². The van der Waals surface area contributed by atoms with Crippen molar-refractivity contribution in [3.63, 3.8) is 0 Å². The third-order valence-electron chi connectivity index (χ3n) is 16.0. The Balaban J connectivity index is 5.41. The van der Waals surface area contributed by atoms with Crippen LogP contribution in [0.4, 0.5) is 0 Å². The molecule has 3 N–H and O–H groups in total. The van der Waals surface area contributed by atoms with Crippen molar-refractivity contribution in [1.82, 2.24) is 0 Å². The highest BCUT2D eigenvalue weighted by atomic mass is 31.2. The number of unbranched alkanes of at least 4 members (excludes halogenated alkanes) is 21. The van der Waals surface area contributed by atoms with E-state index in [1.54, 1.807) is 0 Å². The van der Waals surface area contributed by atoms with Crippen LogP contribution in [0.1, 0.15) is 297 Å². The van der Waals surface area contributed by atoms with Crippen molar-refractivity contribution in [2.75, 3.05) is 39.6 Å². The fraction of sp³-hybridized carbons (Fsp3) is 0.647.